The summed E-state index contributed by atoms with van der Waals surface area (Å²) < 4.78 is 4.83. The average Bonchev–Trinajstić information content (AvgIpc) is 2.45. The molecule has 0 bridgehead atoms. The van der Waals surface area contributed by atoms with Crippen LogP contribution in [0, 0.1) is 13.8 Å². The molecule has 1 amide bonds. The number of methoxy groups -OCH3 is 1. The number of amides is 1. The highest BCUT2D eigenvalue weighted by molar-refractivity contribution is 7.11. The fourth-order valence-electron chi connectivity index (χ4n) is 1.09. The molecule has 0 saturated heterocycles. The van der Waals surface area contributed by atoms with E-state index in [1.54, 1.807) is 7.11 Å². The normalized spacial score (nSPS) is 10.2. The Morgan fingerprint density at radius 1 is 1.57 bits per heavy atom. The van der Waals surface area contributed by atoms with Gasteiger partial charge in [-0.2, -0.15) is 0 Å². The van der Waals surface area contributed by atoms with Crippen molar-refractivity contribution in [3.8, 4) is 0 Å². The van der Waals surface area contributed by atoms with Gasteiger partial charge in [0.15, 0.2) is 0 Å². The van der Waals surface area contributed by atoms with Crippen LogP contribution in [0.15, 0.2) is 0 Å². The van der Waals surface area contributed by atoms with E-state index in [1.807, 2.05) is 13.8 Å². The molecular formula is C9H14N2O2S. The van der Waals surface area contributed by atoms with Gasteiger partial charge in [0.25, 0.3) is 5.91 Å². The first-order valence-corrected chi connectivity index (χ1v) is 5.18. The van der Waals surface area contributed by atoms with Crippen molar-refractivity contribution in [1.29, 1.82) is 0 Å². The average molecular weight is 214 g/mol. The van der Waals surface area contributed by atoms with Crippen molar-refractivity contribution < 1.29 is 9.53 Å². The van der Waals surface area contributed by atoms with E-state index in [-0.39, 0.29) is 5.91 Å². The third-order valence-corrected chi connectivity index (χ3v) is 2.60. The number of hydrogen-bond acceptors (Lipinski definition) is 4. The Labute approximate surface area is 87.3 Å². The van der Waals surface area contributed by atoms with Gasteiger partial charge < -0.3 is 10.1 Å². The second kappa shape index (κ2) is 5.07. The van der Waals surface area contributed by atoms with Crippen molar-refractivity contribution in [1.82, 2.24) is 10.3 Å². The molecule has 1 N–H and O–H groups in total. The molecule has 5 heteroatoms. The van der Waals surface area contributed by atoms with E-state index in [9.17, 15) is 4.79 Å². The van der Waals surface area contributed by atoms with Crippen molar-refractivity contribution in [2.45, 2.75) is 13.8 Å². The zero-order valence-electron chi connectivity index (χ0n) is 8.59. The van der Waals surface area contributed by atoms with Gasteiger partial charge in [-0.05, 0) is 13.8 Å². The quantitative estimate of drug-likeness (QED) is 0.765. The summed E-state index contributed by atoms with van der Waals surface area (Å²) in [6.07, 6.45) is 0. The van der Waals surface area contributed by atoms with Crippen LogP contribution in [0.25, 0.3) is 0 Å². The smallest absolute Gasteiger partial charge is 0.271 e. The van der Waals surface area contributed by atoms with Gasteiger partial charge in [0, 0.05) is 18.5 Å². The molecule has 78 valence electrons. The lowest BCUT2D eigenvalue weighted by Crippen LogP contribution is -2.27. The Bertz CT molecular complexity index is 323. The fraction of sp³-hybridized carbons (Fsp3) is 0.556. The van der Waals surface area contributed by atoms with Gasteiger partial charge in [-0.15, -0.1) is 11.3 Å². The van der Waals surface area contributed by atoms with Crippen LogP contribution < -0.4 is 5.32 Å². The standard InChI is InChI=1S/C9H14N2O2S/c1-6-8(11-7(2)14-6)9(12)10-4-5-13-3/h4-5H2,1-3H3,(H,10,12). The molecular weight excluding hydrogens is 200 g/mol. The summed E-state index contributed by atoms with van der Waals surface area (Å²) in [5.74, 6) is -0.121. The number of thiazole rings is 1. The Morgan fingerprint density at radius 3 is 2.79 bits per heavy atom. The number of aryl methyl sites for hydroxylation is 2. The number of carbonyl (C=O) groups excluding carboxylic acids is 1. The summed E-state index contributed by atoms with van der Waals surface area (Å²) in [6.45, 7) is 4.83. The van der Waals surface area contributed by atoms with Crippen LogP contribution in [0.3, 0.4) is 0 Å². The summed E-state index contributed by atoms with van der Waals surface area (Å²) in [5, 5.41) is 3.65. The van der Waals surface area contributed by atoms with Crippen LogP contribution in [0.4, 0.5) is 0 Å². The van der Waals surface area contributed by atoms with Gasteiger partial charge in [-0.25, -0.2) is 4.98 Å². The third-order valence-electron chi connectivity index (χ3n) is 1.71. The number of hydrogen-bond donors (Lipinski definition) is 1. The summed E-state index contributed by atoms with van der Waals surface area (Å²) in [4.78, 5) is 16.6. The maximum atomic E-state index is 11.5. The van der Waals surface area contributed by atoms with Crippen molar-refractivity contribution in [2.24, 2.45) is 0 Å². The van der Waals surface area contributed by atoms with E-state index in [0.29, 0.717) is 18.8 Å². The van der Waals surface area contributed by atoms with Gasteiger partial charge in [-0.3, -0.25) is 4.79 Å². The van der Waals surface area contributed by atoms with Crippen molar-refractivity contribution in [2.75, 3.05) is 20.3 Å². The van der Waals surface area contributed by atoms with Crippen LogP contribution >= 0.6 is 11.3 Å². The molecule has 0 fully saturated rings. The zero-order chi connectivity index (χ0) is 10.6. The number of nitrogens with zero attached hydrogens (tertiary/aromatic N) is 1. The van der Waals surface area contributed by atoms with E-state index >= 15 is 0 Å². The van der Waals surface area contributed by atoms with Gasteiger partial charge in [0.1, 0.15) is 5.69 Å². The predicted octanol–water partition coefficient (Wildman–Crippen LogP) is 1.14. The van der Waals surface area contributed by atoms with Crippen molar-refractivity contribution in [3.63, 3.8) is 0 Å². The molecule has 1 aromatic heterocycles. The van der Waals surface area contributed by atoms with E-state index in [0.717, 1.165) is 9.88 Å². The lowest BCUT2D eigenvalue weighted by atomic mass is 10.3. The Balaban J connectivity index is 2.56. The molecule has 0 radical (unpaired) electrons. The lowest BCUT2D eigenvalue weighted by Gasteiger charge is -2.02. The molecule has 0 aliphatic rings. The van der Waals surface area contributed by atoms with E-state index in [2.05, 4.69) is 10.3 Å². The number of ether oxygens (including phenoxy) is 1. The van der Waals surface area contributed by atoms with Crippen LogP contribution in [-0.2, 0) is 4.74 Å². The monoisotopic (exact) mass is 214 g/mol. The van der Waals surface area contributed by atoms with E-state index in [4.69, 9.17) is 4.74 Å². The first kappa shape index (κ1) is 11.1. The molecule has 4 nitrogen and oxygen atoms in total. The summed E-state index contributed by atoms with van der Waals surface area (Å²) in [5.41, 5.74) is 0.531. The third kappa shape index (κ3) is 2.78. The molecule has 1 aromatic rings. The molecule has 1 heterocycles. The van der Waals surface area contributed by atoms with Crippen molar-refractivity contribution >= 4 is 17.2 Å². The highest BCUT2D eigenvalue weighted by Crippen LogP contribution is 2.15. The molecule has 0 aromatic carbocycles. The second-order valence-corrected chi connectivity index (χ2v) is 4.29. The zero-order valence-corrected chi connectivity index (χ0v) is 9.40. The summed E-state index contributed by atoms with van der Waals surface area (Å²) >= 11 is 1.53. The number of aromatic nitrogens is 1. The first-order valence-electron chi connectivity index (χ1n) is 4.36. The summed E-state index contributed by atoms with van der Waals surface area (Å²) in [6, 6.07) is 0. The largest absolute Gasteiger partial charge is 0.383 e. The number of nitrogens with one attached hydrogen (secondary N) is 1. The Morgan fingerprint density at radius 2 is 2.29 bits per heavy atom. The van der Waals surface area contributed by atoms with Gasteiger partial charge >= 0.3 is 0 Å². The topological polar surface area (TPSA) is 51.2 Å². The highest BCUT2D eigenvalue weighted by atomic mass is 32.1. The predicted molar refractivity (Wildman–Crippen MR) is 55.8 cm³/mol. The van der Waals surface area contributed by atoms with Crippen LogP contribution in [-0.4, -0.2) is 31.2 Å². The Hall–Kier alpha value is -0.940. The fourth-order valence-corrected chi connectivity index (χ4v) is 1.90. The second-order valence-electron chi connectivity index (χ2n) is 2.89. The lowest BCUT2D eigenvalue weighted by molar-refractivity contribution is 0.0932. The molecule has 0 unspecified atom stereocenters. The number of rotatable bonds is 4. The van der Waals surface area contributed by atoms with E-state index in [1.165, 1.54) is 11.3 Å². The summed E-state index contributed by atoms with van der Waals surface area (Å²) in [7, 11) is 1.60. The van der Waals surface area contributed by atoms with E-state index < -0.39 is 0 Å². The molecule has 0 atom stereocenters. The molecule has 0 aliphatic heterocycles. The molecule has 1 rings (SSSR count). The van der Waals surface area contributed by atoms with Gasteiger partial charge in [0.2, 0.25) is 0 Å². The molecule has 0 aliphatic carbocycles. The highest BCUT2D eigenvalue weighted by Gasteiger charge is 2.12. The SMILES string of the molecule is COCCNC(=O)c1nc(C)sc1C. The molecule has 14 heavy (non-hydrogen) atoms. The maximum Gasteiger partial charge on any atom is 0.271 e. The molecule has 0 spiro atoms. The molecule has 0 saturated carbocycles. The maximum absolute atomic E-state index is 11.5. The van der Waals surface area contributed by atoms with Crippen LogP contribution in [0.1, 0.15) is 20.4 Å². The van der Waals surface area contributed by atoms with Crippen LogP contribution in [0.5, 0.6) is 0 Å². The number of carbonyl (C=O) groups is 1. The van der Waals surface area contributed by atoms with Crippen LogP contribution in [0.2, 0.25) is 0 Å². The van der Waals surface area contributed by atoms with Crippen molar-refractivity contribution in [3.05, 3.63) is 15.6 Å². The van der Waals surface area contributed by atoms with Gasteiger partial charge in [-0.1, -0.05) is 0 Å². The Kier molecular flexibility index (Phi) is 4.03. The minimum Gasteiger partial charge on any atom is -0.383 e. The minimum atomic E-state index is -0.121. The minimum absolute atomic E-state index is 0.121. The van der Waals surface area contributed by atoms with Gasteiger partial charge in [0.05, 0.1) is 11.6 Å². The first-order chi connectivity index (χ1) is 6.65.